The Morgan fingerprint density at radius 2 is 1.92 bits per heavy atom. The minimum absolute atomic E-state index is 0.115. The predicted molar refractivity (Wildman–Crippen MR) is 92.0 cm³/mol. The van der Waals surface area contributed by atoms with Gasteiger partial charge in [0.25, 0.3) is 5.91 Å². The van der Waals surface area contributed by atoms with Gasteiger partial charge in [0.15, 0.2) is 0 Å². The molecule has 0 unspecified atom stereocenters. The minimum atomic E-state index is -0.401. The van der Waals surface area contributed by atoms with Gasteiger partial charge in [-0.1, -0.05) is 6.07 Å². The summed E-state index contributed by atoms with van der Waals surface area (Å²) in [5.41, 5.74) is 2.26. The molecule has 1 aromatic heterocycles. The van der Waals surface area contributed by atoms with Crippen LogP contribution in [0.1, 0.15) is 20.8 Å². The van der Waals surface area contributed by atoms with Crippen molar-refractivity contribution in [1.29, 1.82) is 0 Å². The molecule has 1 amide bonds. The Morgan fingerprint density at radius 1 is 1.16 bits per heavy atom. The first-order valence-electron chi connectivity index (χ1n) is 7.96. The van der Waals surface area contributed by atoms with Crippen molar-refractivity contribution in [2.24, 2.45) is 0 Å². The fraction of sp³-hybridized carbons (Fsp3) is 0.278. The van der Waals surface area contributed by atoms with Gasteiger partial charge >= 0.3 is 5.97 Å². The average molecular weight is 341 g/mol. The molecule has 130 valence electrons. The summed E-state index contributed by atoms with van der Waals surface area (Å²) < 4.78 is 9.99. The topological polar surface area (TPSA) is 80.8 Å². The lowest BCUT2D eigenvalue weighted by Crippen LogP contribution is -2.41. The molecule has 0 spiro atoms. The molecule has 0 atom stereocenters. The molecule has 0 bridgehead atoms. The van der Waals surface area contributed by atoms with Crippen LogP contribution in [0.3, 0.4) is 0 Å². The highest BCUT2D eigenvalue weighted by atomic mass is 16.5. The Labute approximate surface area is 145 Å². The first-order valence-corrected chi connectivity index (χ1v) is 7.96. The summed E-state index contributed by atoms with van der Waals surface area (Å²) in [6.07, 6.45) is 1.58. The second-order valence-corrected chi connectivity index (χ2v) is 5.53. The summed E-state index contributed by atoms with van der Waals surface area (Å²) in [7, 11) is 1.34. The van der Waals surface area contributed by atoms with Crippen molar-refractivity contribution < 1.29 is 19.1 Å². The Bertz CT molecular complexity index is 772. The van der Waals surface area contributed by atoms with Gasteiger partial charge in [0, 0.05) is 30.7 Å². The number of hydrogen-bond donors (Lipinski definition) is 1. The van der Waals surface area contributed by atoms with E-state index in [1.54, 1.807) is 41.4 Å². The monoisotopic (exact) mass is 341 g/mol. The van der Waals surface area contributed by atoms with E-state index >= 15 is 0 Å². The minimum Gasteiger partial charge on any atom is -0.465 e. The molecule has 7 nitrogen and oxygen atoms in total. The first kappa shape index (κ1) is 16.9. The standard InChI is InChI=1S/C18H19N3O4/c1-24-18(23)13-3-2-4-14(11-13)20-15-5-6-19-16(12-15)17(22)21-7-9-25-10-8-21/h2-6,11-12H,7-10H2,1H3,(H,19,20). The van der Waals surface area contributed by atoms with Crippen molar-refractivity contribution in [3.8, 4) is 0 Å². The van der Waals surface area contributed by atoms with Gasteiger partial charge in [0.1, 0.15) is 5.69 Å². The molecule has 0 aliphatic carbocycles. The Hall–Kier alpha value is -2.93. The van der Waals surface area contributed by atoms with Gasteiger partial charge in [0.05, 0.1) is 25.9 Å². The SMILES string of the molecule is COC(=O)c1cccc(Nc2ccnc(C(=O)N3CCOCC3)c2)c1. The third-order valence-electron chi connectivity index (χ3n) is 3.85. The number of nitrogens with zero attached hydrogens (tertiary/aromatic N) is 2. The highest BCUT2D eigenvalue weighted by Gasteiger charge is 2.19. The summed E-state index contributed by atoms with van der Waals surface area (Å²) >= 11 is 0. The van der Waals surface area contributed by atoms with Crippen molar-refractivity contribution in [2.75, 3.05) is 38.7 Å². The molecule has 1 aliphatic rings. The van der Waals surface area contributed by atoms with E-state index in [1.807, 2.05) is 6.07 Å². The van der Waals surface area contributed by atoms with Gasteiger partial charge in [-0.3, -0.25) is 9.78 Å². The number of hydrogen-bond acceptors (Lipinski definition) is 6. The van der Waals surface area contributed by atoms with Crippen molar-refractivity contribution in [3.05, 3.63) is 53.9 Å². The molecule has 25 heavy (non-hydrogen) atoms. The maximum absolute atomic E-state index is 12.5. The van der Waals surface area contributed by atoms with E-state index in [0.29, 0.717) is 43.2 Å². The van der Waals surface area contributed by atoms with Crippen LogP contribution in [0.25, 0.3) is 0 Å². The zero-order valence-corrected chi connectivity index (χ0v) is 13.9. The number of esters is 1. The molecular formula is C18H19N3O4. The van der Waals surface area contributed by atoms with E-state index < -0.39 is 5.97 Å². The van der Waals surface area contributed by atoms with Crippen LogP contribution < -0.4 is 5.32 Å². The smallest absolute Gasteiger partial charge is 0.337 e. The van der Waals surface area contributed by atoms with E-state index in [2.05, 4.69) is 10.3 Å². The lowest BCUT2D eigenvalue weighted by Gasteiger charge is -2.26. The molecule has 1 saturated heterocycles. The molecule has 1 aliphatic heterocycles. The van der Waals surface area contributed by atoms with Crippen molar-refractivity contribution in [2.45, 2.75) is 0 Å². The van der Waals surface area contributed by atoms with E-state index in [9.17, 15) is 9.59 Å². The van der Waals surface area contributed by atoms with Crippen LogP contribution in [0.5, 0.6) is 0 Å². The quantitative estimate of drug-likeness (QED) is 0.858. The Kier molecular flexibility index (Phi) is 5.25. The van der Waals surface area contributed by atoms with Gasteiger partial charge in [-0.25, -0.2) is 4.79 Å². The van der Waals surface area contributed by atoms with Gasteiger partial charge in [-0.2, -0.15) is 0 Å². The number of carbonyl (C=O) groups excluding carboxylic acids is 2. The van der Waals surface area contributed by atoms with Crippen molar-refractivity contribution in [3.63, 3.8) is 0 Å². The molecule has 3 rings (SSSR count). The van der Waals surface area contributed by atoms with E-state index in [4.69, 9.17) is 9.47 Å². The van der Waals surface area contributed by atoms with Crippen molar-refractivity contribution >= 4 is 23.3 Å². The van der Waals surface area contributed by atoms with E-state index in [1.165, 1.54) is 7.11 Å². The number of aromatic nitrogens is 1. The molecule has 0 saturated carbocycles. The summed E-state index contributed by atoms with van der Waals surface area (Å²) in [6.45, 7) is 2.23. The number of amides is 1. The lowest BCUT2D eigenvalue weighted by molar-refractivity contribution is 0.0299. The summed E-state index contributed by atoms with van der Waals surface area (Å²) in [5.74, 6) is -0.517. The average Bonchev–Trinajstić information content (AvgIpc) is 2.68. The third kappa shape index (κ3) is 4.13. The van der Waals surface area contributed by atoms with Crippen LogP contribution in [0.4, 0.5) is 11.4 Å². The van der Waals surface area contributed by atoms with Gasteiger partial charge in [0.2, 0.25) is 0 Å². The predicted octanol–water partition coefficient (Wildman–Crippen LogP) is 2.08. The second-order valence-electron chi connectivity index (χ2n) is 5.53. The maximum Gasteiger partial charge on any atom is 0.337 e. The number of carbonyl (C=O) groups is 2. The number of rotatable bonds is 4. The number of benzene rings is 1. The molecule has 2 heterocycles. The zero-order valence-electron chi connectivity index (χ0n) is 13.9. The maximum atomic E-state index is 12.5. The van der Waals surface area contributed by atoms with Crippen molar-refractivity contribution in [1.82, 2.24) is 9.88 Å². The van der Waals surface area contributed by atoms with Crippen LogP contribution in [0.15, 0.2) is 42.6 Å². The molecule has 1 aromatic carbocycles. The highest BCUT2D eigenvalue weighted by molar-refractivity contribution is 5.93. The summed E-state index contributed by atoms with van der Waals surface area (Å²) in [5, 5.41) is 3.18. The fourth-order valence-corrected chi connectivity index (χ4v) is 2.56. The Morgan fingerprint density at radius 3 is 2.68 bits per heavy atom. The summed E-state index contributed by atoms with van der Waals surface area (Å²) in [6, 6.07) is 10.4. The third-order valence-corrected chi connectivity index (χ3v) is 3.85. The van der Waals surface area contributed by atoms with E-state index in [-0.39, 0.29) is 5.91 Å². The fourth-order valence-electron chi connectivity index (χ4n) is 2.56. The Balaban J connectivity index is 1.75. The number of ether oxygens (including phenoxy) is 2. The molecule has 0 radical (unpaired) electrons. The van der Waals surface area contributed by atoms with Crippen LogP contribution in [-0.4, -0.2) is 55.2 Å². The normalized spacial score (nSPS) is 14.0. The van der Waals surface area contributed by atoms with E-state index in [0.717, 1.165) is 5.69 Å². The zero-order chi connectivity index (χ0) is 17.6. The number of pyridine rings is 1. The number of morpholine rings is 1. The van der Waals surface area contributed by atoms with Crippen LogP contribution in [0, 0.1) is 0 Å². The molecule has 2 aromatic rings. The van der Waals surface area contributed by atoms with Gasteiger partial charge in [-0.15, -0.1) is 0 Å². The van der Waals surface area contributed by atoms with Gasteiger partial charge in [-0.05, 0) is 30.3 Å². The number of nitrogens with one attached hydrogen (secondary N) is 1. The highest BCUT2D eigenvalue weighted by Crippen LogP contribution is 2.19. The molecule has 1 fully saturated rings. The molecule has 1 N–H and O–H groups in total. The van der Waals surface area contributed by atoms with Crippen LogP contribution in [0.2, 0.25) is 0 Å². The summed E-state index contributed by atoms with van der Waals surface area (Å²) in [4.78, 5) is 30.0. The van der Waals surface area contributed by atoms with Crippen LogP contribution in [-0.2, 0) is 9.47 Å². The molecule has 7 heteroatoms. The molecular weight excluding hydrogens is 322 g/mol. The second kappa shape index (κ2) is 7.76. The lowest BCUT2D eigenvalue weighted by atomic mass is 10.2. The number of anilines is 2. The van der Waals surface area contributed by atoms with Gasteiger partial charge < -0.3 is 19.7 Å². The number of methoxy groups -OCH3 is 1. The largest absolute Gasteiger partial charge is 0.465 e. The van der Waals surface area contributed by atoms with Crippen LogP contribution >= 0.6 is 0 Å². The first-order chi connectivity index (χ1) is 12.2.